The number of sulfonamides is 1. The van der Waals surface area contributed by atoms with Crippen LogP contribution in [0.3, 0.4) is 0 Å². The predicted octanol–water partition coefficient (Wildman–Crippen LogP) is 2.36. The number of hydrogen-bond donors (Lipinski definition) is 1. The van der Waals surface area contributed by atoms with Crippen molar-refractivity contribution >= 4 is 21.6 Å². The third-order valence-corrected chi connectivity index (χ3v) is 4.73. The van der Waals surface area contributed by atoms with Gasteiger partial charge in [-0.25, -0.2) is 18.1 Å². The van der Waals surface area contributed by atoms with Crippen molar-refractivity contribution < 1.29 is 13.2 Å². The Bertz CT molecular complexity index is 720. The van der Waals surface area contributed by atoms with Crippen LogP contribution in [-0.4, -0.2) is 20.5 Å². The number of benzene rings is 1. The summed E-state index contributed by atoms with van der Waals surface area (Å²) in [6.07, 6.45) is 1.44. The van der Waals surface area contributed by atoms with Gasteiger partial charge in [-0.05, 0) is 23.3 Å². The second-order valence-electron chi connectivity index (χ2n) is 4.32. The summed E-state index contributed by atoms with van der Waals surface area (Å²) in [4.78, 5) is 3.74. The first-order valence-electron chi connectivity index (χ1n) is 6.20. The number of pyridine rings is 1. The molecule has 0 bridgehead atoms. The van der Waals surface area contributed by atoms with Gasteiger partial charge in [0.1, 0.15) is 10.0 Å². The summed E-state index contributed by atoms with van der Waals surface area (Å²) in [6.45, 7) is 0.582. The molecule has 0 amide bonds. The maximum Gasteiger partial charge on any atom is 0.243 e. The Kier molecular flexibility index (Phi) is 5.30. The molecule has 0 aliphatic carbocycles. The Labute approximate surface area is 129 Å². The van der Waals surface area contributed by atoms with Crippen LogP contribution in [0, 0.1) is 0 Å². The largest absolute Gasteiger partial charge is 0.380 e. The Morgan fingerprint density at radius 2 is 1.90 bits per heavy atom. The van der Waals surface area contributed by atoms with Crippen LogP contribution >= 0.6 is 11.6 Å². The van der Waals surface area contributed by atoms with Crippen molar-refractivity contribution in [1.82, 2.24) is 9.71 Å². The SMILES string of the molecule is COCc1ccccc1CNS(=O)(=O)c1cccnc1Cl. The zero-order chi connectivity index (χ0) is 15.3. The topological polar surface area (TPSA) is 68.3 Å². The van der Waals surface area contributed by atoms with E-state index in [1.54, 1.807) is 7.11 Å². The van der Waals surface area contributed by atoms with Crippen LogP contribution in [-0.2, 0) is 27.9 Å². The summed E-state index contributed by atoms with van der Waals surface area (Å²) in [6, 6.07) is 10.4. The van der Waals surface area contributed by atoms with Gasteiger partial charge in [0.15, 0.2) is 0 Å². The molecule has 0 fully saturated rings. The summed E-state index contributed by atoms with van der Waals surface area (Å²) in [7, 11) is -2.11. The molecule has 0 atom stereocenters. The monoisotopic (exact) mass is 326 g/mol. The quantitative estimate of drug-likeness (QED) is 0.827. The molecule has 112 valence electrons. The van der Waals surface area contributed by atoms with E-state index in [2.05, 4.69) is 9.71 Å². The van der Waals surface area contributed by atoms with E-state index < -0.39 is 10.0 Å². The summed E-state index contributed by atoms with van der Waals surface area (Å²) in [5.74, 6) is 0. The molecular weight excluding hydrogens is 312 g/mol. The lowest BCUT2D eigenvalue weighted by Crippen LogP contribution is -2.24. The van der Waals surface area contributed by atoms with Crippen LogP contribution in [0.2, 0.25) is 5.15 Å². The fourth-order valence-electron chi connectivity index (χ4n) is 1.85. The molecule has 7 heteroatoms. The highest BCUT2D eigenvalue weighted by atomic mass is 35.5. The first-order chi connectivity index (χ1) is 10.0. The van der Waals surface area contributed by atoms with E-state index >= 15 is 0 Å². The Balaban J connectivity index is 2.18. The Hall–Kier alpha value is -1.47. The average molecular weight is 327 g/mol. The van der Waals surface area contributed by atoms with Crippen molar-refractivity contribution in [3.63, 3.8) is 0 Å². The summed E-state index contributed by atoms with van der Waals surface area (Å²) in [5, 5.41) is -0.0461. The number of hydrogen-bond acceptors (Lipinski definition) is 4. The van der Waals surface area contributed by atoms with Gasteiger partial charge in [-0.15, -0.1) is 0 Å². The summed E-state index contributed by atoms with van der Waals surface area (Å²) >= 11 is 5.82. The molecule has 0 saturated heterocycles. The first kappa shape index (κ1) is 15.9. The van der Waals surface area contributed by atoms with Gasteiger partial charge < -0.3 is 4.74 Å². The highest BCUT2D eigenvalue weighted by Gasteiger charge is 2.18. The van der Waals surface area contributed by atoms with Crippen molar-refractivity contribution in [3.05, 3.63) is 58.9 Å². The number of rotatable bonds is 6. The van der Waals surface area contributed by atoms with Crippen molar-refractivity contribution in [2.24, 2.45) is 0 Å². The van der Waals surface area contributed by atoms with Gasteiger partial charge in [-0.2, -0.15) is 0 Å². The fraction of sp³-hybridized carbons (Fsp3) is 0.214. The third-order valence-electron chi connectivity index (χ3n) is 2.89. The fourth-order valence-corrected chi connectivity index (χ4v) is 3.31. The van der Waals surface area contributed by atoms with E-state index in [0.29, 0.717) is 6.61 Å². The third kappa shape index (κ3) is 4.01. The molecule has 1 aromatic heterocycles. The average Bonchev–Trinajstić information content (AvgIpc) is 2.47. The predicted molar refractivity (Wildman–Crippen MR) is 80.4 cm³/mol. The first-order valence-corrected chi connectivity index (χ1v) is 8.06. The number of methoxy groups -OCH3 is 1. The second kappa shape index (κ2) is 7.00. The van der Waals surface area contributed by atoms with Gasteiger partial charge in [-0.1, -0.05) is 35.9 Å². The van der Waals surface area contributed by atoms with Gasteiger partial charge >= 0.3 is 0 Å². The molecule has 21 heavy (non-hydrogen) atoms. The lowest BCUT2D eigenvalue weighted by Gasteiger charge is -2.11. The van der Waals surface area contributed by atoms with Gasteiger partial charge in [0.25, 0.3) is 0 Å². The molecule has 1 N–H and O–H groups in total. The van der Waals surface area contributed by atoms with Crippen LogP contribution in [0.4, 0.5) is 0 Å². The van der Waals surface area contributed by atoms with E-state index in [1.165, 1.54) is 18.3 Å². The summed E-state index contributed by atoms with van der Waals surface area (Å²) < 4.78 is 32.1. The lowest BCUT2D eigenvalue weighted by molar-refractivity contribution is 0.184. The molecule has 0 aliphatic heterocycles. The molecule has 2 rings (SSSR count). The van der Waals surface area contributed by atoms with Crippen molar-refractivity contribution in [1.29, 1.82) is 0 Å². The number of ether oxygens (including phenoxy) is 1. The van der Waals surface area contributed by atoms with Crippen LogP contribution < -0.4 is 4.72 Å². The number of nitrogens with zero attached hydrogens (tertiary/aromatic N) is 1. The van der Waals surface area contributed by atoms with E-state index in [4.69, 9.17) is 16.3 Å². The smallest absolute Gasteiger partial charge is 0.243 e. The van der Waals surface area contributed by atoms with Gasteiger partial charge in [-0.3, -0.25) is 0 Å². The van der Waals surface area contributed by atoms with Crippen LogP contribution in [0.25, 0.3) is 0 Å². The molecule has 5 nitrogen and oxygen atoms in total. The minimum absolute atomic E-state index is 0.0316. The minimum Gasteiger partial charge on any atom is -0.380 e. The number of aromatic nitrogens is 1. The van der Waals surface area contributed by atoms with Crippen LogP contribution in [0.15, 0.2) is 47.5 Å². The van der Waals surface area contributed by atoms with Crippen LogP contribution in [0.1, 0.15) is 11.1 Å². The lowest BCUT2D eigenvalue weighted by atomic mass is 10.1. The highest BCUT2D eigenvalue weighted by Crippen LogP contribution is 2.18. The van der Waals surface area contributed by atoms with E-state index in [-0.39, 0.29) is 16.6 Å². The Morgan fingerprint density at radius 3 is 2.57 bits per heavy atom. The molecule has 0 saturated carbocycles. The van der Waals surface area contributed by atoms with Gasteiger partial charge in [0.05, 0.1) is 6.61 Å². The molecule has 2 aromatic rings. The second-order valence-corrected chi connectivity index (χ2v) is 6.41. The van der Waals surface area contributed by atoms with Gasteiger partial charge in [0.2, 0.25) is 10.0 Å². The molecule has 0 radical (unpaired) electrons. The number of halogens is 1. The zero-order valence-corrected chi connectivity index (χ0v) is 13.0. The van der Waals surface area contributed by atoms with Crippen LogP contribution in [0.5, 0.6) is 0 Å². The highest BCUT2D eigenvalue weighted by molar-refractivity contribution is 7.89. The maximum absolute atomic E-state index is 12.2. The molecule has 1 aromatic carbocycles. The zero-order valence-electron chi connectivity index (χ0n) is 11.4. The molecule has 0 unspecified atom stereocenters. The van der Waals surface area contributed by atoms with E-state index in [9.17, 15) is 8.42 Å². The van der Waals surface area contributed by atoms with Gasteiger partial charge in [0, 0.05) is 19.9 Å². The molecule has 1 heterocycles. The standard InChI is InChI=1S/C14H15ClN2O3S/c1-20-10-12-6-3-2-5-11(12)9-17-21(18,19)13-7-4-8-16-14(13)15/h2-8,17H,9-10H2,1H3. The number of nitrogens with one attached hydrogen (secondary N) is 1. The molecular formula is C14H15ClN2O3S. The van der Waals surface area contributed by atoms with E-state index in [1.807, 2.05) is 24.3 Å². The van der Waals surface area contributed by atoms with Crippen molar-refractivity contribution in [2.75, 3.05) is 7.11 Å². The van der Waals surface area contributed by atoms with Crippen molar-refractivity contribution in [3.8, 4) is 0 Å². The molecule has 0 aliphatic rings. The van der Waals surface area contributed by atoms with Crippen molar-refractivity contribution in [2.45, 2.75) is 18.0 Å². The van der Waals surface area contributed by atoms with E-state index in [0.717, 1.165) is 11.1 Å². The maximum atomic E-state index is 12.2. The normalized spacial score (nSPS) is 11.5. The minimum atomic E-state index is -3.71. The molecule has 0 spiro atoms. The Morgan fingerprint density at radius 1 is 1.19 bits per heavy atom. The summed E-state index contributed by atoms with van der Waals surface area (Å²) in [5.41, 5.74) is 1.78.